The first kappa shape index (κ1) is 22.3. The Morgan fingerprint density at radius 3 is 2.73 bits per heavy atom. The summed E-state index contributed by atoms with van der Waals surface area (Å²) in [7, 11) is 1.26. The van der Waals surface area contributed by atoms with Crippen molar-refractivity contribution in [2.45, 2.75) is 6.54 Å². The molecule has 0 aromatic heterocycles. The molecular formula is C20H14BrClFNO5S. The molecule has 2 amide bonds. The van der Waals surface area contributed by atoms with Crippen molar-refractivity contribution in [2.24, 2.45) is 0 Å². The van der Waals surface area contributed by atoms with Gasteiger partial charge in [0.25, 0.3) is 11.1 Å². The van der Waals surface area contributed by atoms with Crippen molar-refractivity contribution in [3.8, 4) is 5.75 Å². The molecule has 3 rings (SSSR count). The van der Waals surface area contributed by atoms with Crippen LogP contribution in [-0.4, -0.2) is 35.7 Å². The van der Waals surface area contributed by atoms with Crippen LogP contribution in [0.4, 0.5) is 9.18 Å². The van der Waals surface area contributed by atoms with Crippen LogP contribution in [0.3, 0.4) is 0 Å². The summed E-state index contributed by atoms with van der Waals surface area (Å²) in [5, 5.41) is -0.368. The Kier molecular flexibility index (Phi) is 7.17. The lowest BCUT2D eigenvalue weighted by Gasteiger charge is -2.14. The van der Waals surface area contributed by atoms with E-state index >= 15 is 0 Å². The van der Waals surface area contributed by atoms with Crippen molar-refractivity contribution < 1.29 is 28.2 Å². The number of thioether (sulfide) groups is 1. The number of halogens is 3. The minimum Gasteiger partial charge on any atom is -0.481 e. The number of methoxy groups -OCH3 is 1. The van der Waals surface area contributed by atoms with Gasteiger partial charge in [-0.3, -0.25) is 14.5 Å². The van der Waals surface area contributed by atoms with E-state index < -0.39 is 22.9 Å². The van der Waals surface area contributed by atoms with Crippen LogP contribution >= 0.6 is 39.3 Å². The molecule has 0 bridgehead atoms. The van der Waals surface area contributed by atoms with E-state index in [9.17, 15) is 18.8 Å². The first-order valence-electron chi connectivity index (χ1n) is 8.47. The van der Waals surface area contributed by atoms with Gasteiger partial charge in [0.15, 0.2) is 6.61 Å². The maximum atomic E-state index is 14.0. The second-order valence-electron chi connectivity index (χ2n) is 6.02. The van der Waals surface area contributed by atoms with Crippen molar-refractivity contribution in [3.05, 3.63) is 67.7 Å². The van der Waals surface area contributed by atoms with E-state index in [1.54, 1.807) is 24.3 Å². The van der Waals surface area contributed by atoms with Crippen LogP contribution in [0.25, 0.3) is 6.08 Å². The van der Waals surface area contributed by atoms with E-state index in [0.29, 0.717) is 15.8 Å². The highest BCUT2D eigenvalue weighted by Gasteiger charge is 2.35. The predicted molar refractivity (Wildman–Crippen MR) is 115 cm³/mol. The van der Waals surface area contributed by atoms with Crippen molar-refractivity contribution in [1.29, 1.82) is 0 Å². The first-order valence-corrected chi connectivity index (χ1v) is 10.5. The van der Waals surface area contributed by atoms with Crippen LogP contribution in [0.5, 0.6) is 5.75 Å². The Hall–Kier alpha value is -2.36. The summed E-state index contributed by atoms with van der Waals surface area (Å²) in [5.41, 5.74) is 0.708. The molecule has 0 aliphatic carbocycles. The second-order valence-corrected chi connectivity index (χ2v) is 8.28. The second kappa shape index (κ2) is 9.63. The molecule has 10 heteroatoms. The number of rotatable bonds is 6. The molecule has 1 saturated heterocycles. The fourth-order valence-electron chi connectivity index (χ4n) is 2.55. The van der Waals surface area contributed by atoms with Crippen LogP contribution in [-0.2, 0) is 20.9 Å². The molecule has 0 N–H and O–H groups in total. The van der Waals surface area contributed by atoms with Gasteiger partial charge in [-0.1, -0.05) is 23.7 Å². The molecule has 2 aromatic carbocycles. The summed E-state index contributed by atoms with van der Waals surface area (Å²) in [5.74, 6) is -1.22. The van der Waals surface area contributed by atoms with Gasteiger partial charge < -0.3 is 9.47 Å². The molecule has 156 valence electrons. The highest BCUT2D eigenvalue weighted by molar-refractivity contribution is 9.10. The number of hydrogen-bond donors (Lipinski definition) is 0. The zero-order valence-corrected chi connectivity index (χ0v) is 18.6. The van der Waals surface area contributed by atoms with Gasteiger partial charge in [0.1, 0.15) is 11.6 Å². The number of ether oxygens (including phenoxy) is 2. The largest absolute Gasteiger partial charge is 0.481 e. The number of hydrogen-bond acceptors (Lipinski definition) is 6. The molecule has 1 aliphatic rings. The topological polar surface area (TPSA) is 72.9 Å². The smallest absolute Gasteiger partial charge is 0.343 e. The van der Waals surface area contributed by atoms with Crippen LogP contribution in [0.15, 0.2) is 45.8 Å². The number of benzene rings is 2. The summed E-state index contributed by atoms with van der Waals surface area (Å²) in [6.07, 6.45) is 1.54. The molecule has 1 fully saturated rings. The highest BCUT2D eigenvalue weighted by atomic mass is 79.9. The molecule has 1 aliphatic heterocycles. The molecule has 0 saturated carbocycles. The van der Waals surface area contributed by atoms with Crippen molar-refractivity contribution in [2.75, 3.05) is 13.7 Å². The maximum Gasteiger partial charge on any atom is 0.343 e. The van der Waals surface area contributed by atoms with E-state index in [-0.39, 0.29) is 28.6 Å². The predicted octanol–water partition coefficient (Wildman–Crippen LogP) is 5.03. The average Bonchev–Trinajstić information content (AvgIpc) is 2.97. The number of amides is 2. The average molecular weight is 515 g/mol. The third-order valence-corrected chi connectivity index (χ3v) is 5.96. The van der Waals surface area contributed by atoms with Gasteiger partial charge in [-0.25, -0.2) is 9.18 Å². The fraction of sp³-hybridized carbons (Fsp3) is 0.150. The minimum atomic E-state index is -0.586. The number of carbonyl (C=O) groups excluding carboxylic acids is 3. The van der Waals surface area contributed by atoms with Crippen molar-refractivity contribution >= 4 is 62.5 Å². The minimum absolute atomic E-state index is 0.0811. The summed E-state index contributed by atoms with van der Waals surface area (Å²) >= 11 is 10.1. The molecule has 0 spiro atoms. The SMILES string of the molecule is COC(=O)COc1ccc(/C=C2/SC(=O)N(Cc3c(F)cccc3Cl)C2=O)cc1Br. The van der Waals surface area contributed by atoms with Crippen molar-refractivity contribution in [1.82, 2.24) is 4.90 Å². The quantitative estimate of drug-likeness (QED) is 0.398. The molecule has 2 aromatic rings. The number of imide groups is 1. The Morgan fingerprint density at radius 2 is 2.07 bits per heavy atom. The van der Waals surface area contributed by atoms with Gasteiger partial charge in [-0.05, 0) is 63.6 Å². The Labute approximate surface area is 189 Å². The highest BCUT2D eigenvalue weighted by Crippen LogP contribution is 2.35. The number of carbonyl (C=O) groups is 3. The van der Waals surface area contributed by atoms with Gasteiger partial charge in [-0.2, -0.15) is 0 Å². The van der Waals surface area contributed by atoms with E-state index in [4.69, 9.17) is 16.3 Å². The summed E-state index contributed by atoms with van der Waals surface area (Å²) in [4.78, 5) is 37.3. The standard InChI is InChI=1S/C20H14BrClFNO5S/c1-28-18(25)10-29-16-6-5-11(7-13(16)21)8-17-19(26)24(20(27)30-17)9-12-14(22)3-2-4-15(12)23/h2-8H,9-10H2,1H3/b17-8+. The van der Waals surface area contributed by atoms with Gasteiger partial charge >= 0.3 is 5.97 Å². The molecule has 6 nitrogen and oxygen atoms in total. The molecule has 0 radical (unpaired) electrons. The van der Waals surface area contributed by atoms with E-state index in [2.05, 4.69) is 20.7 Å². The zero-order valence-electron chi connectivity index (χ0n) is 15.5. The summed E-state index contributed by atoms with van der Waals surface area (Å²) < 4.78 is 24.4. The lowest BCUT2D eigenvalue weighted by Crippen LogP contribution is -2.28. The normalized spacial score (nSPS) is 15.1. The monoisotopic (exact) mass is 513 g/mol. The fourth-order valence-corrected chi connectivity index (χ4v) is 4.12. The Morgan fingerprint density at radius 1 is 1.30 bits per heavy atom. The summed E-state index contributed by atoms with van der Waals surface area (Å²) in [6, 6.07) is 9.12. The lowest BCUT2D eigenvalue weighted by molar-refractivity contribution is -0.142. The van der Waals surface area contributed by atoms with Gasteiger partial charge in [0.05, 0.1) is 23.0 Å². The first-order chi connectivity index (χ1) is 14.3. The van der Waals surface area contributed by atoms with Gasteiger partial charge in [-0.15, -0.1) is 0 Å². The Balaban J connectivity index is 1.77. The number of nitrogens with zero attached hydrogens (tertiary/aromatic N) is 1. The van der Waals surface area contributed by atoms with E-state index in [1.165, 1.54) is 25.3 Å². The molecular weight excluding hydrogens is 501 g/mol. The van der Waals surface area contributed by atoms with Crippen LogP contribution in [0.2, 0.25) is 5.02 Å². The molecule has 0 atom stereocenters. The maximum absolute atomic E-state index is 14.0. The van der Waals surface area contributed by atoms with E-state index in [1.807, 2.05) is 0 Å². The van der Waals surface area contributed by atoms with Crippen LogP contribution in [0, 0.1) is 5.82 Å². The summed E-state index contributed by atoms with van der Waals surface area (Å²) in [6.45, 7) is -0.497. The van der Waals surface area contributed by atoms with Crippen LogP contribution < -0.4 is 4.74 Å². The van der Waals surface area contributed by atoms with E-state index in [0.717, 1.165) is 16.7 Å². The third-order valence-electron chi connectivity index (χ3n) is 4.08. The number of esters is 1. The van der Waals surface area contributed by atoms with Gasteiger partial charge in [0.2, 0.25) is 0 Å². The van der Waals surface area contributed by atoms with Crippen molar-refractivity contribution in [3.63, 3.8) is 0 Å². The lowest BCUT2D eigenvalue weighted by atomic mass is 10.2. The van der Waals surface area contributed by atoms with Gasteiger partial charge in [0, 0.05) is 10.6 Å². The molecule has 30 heavy (non-hydrogen) atoms. The third kappa shape index (κ3) is 5.03. The molecule has 1 heterocycles. The van der Waals surface area contributed by atoms with Crippen LogP contribution in [0.1, 0.15) is 11.1 Å². The zero-order chi connectivity index (χ0) is 21.8. The Bertz CT molecular complexity index is 1040. The molecule has 0 unspecified atom stereocenters.